The fourth-order valence-corrected chi connectivity index (χ4v) is 3.50. The highest BCUT2D eigenvalue weighted by Gasteiger charge is 2.39. The molecule has 3 unspecified atom stereocenters. The van der Waals surface area contributed by atoms with Gasteiger partial charge in [-0.1, -0.05) is 32.6 Å². The molecule has 0 aliphatic heterocycles. The van der Waals surface area contributed by atoms with Crippen LogP contribution in [-0.4, -0.2) is 5.11 Å². The molecule has 19 heavy (non-hydrogen) atoms. The van der Waals surface area contributed by atoms with Crippen molar-refractivity contribution in [3.8, 4) is 0 Å². The van der Waals surface area contributed by atoms with E-state index in [4.69, 9.17) is 0 Å². The first-order chi connectivity index (χ1) is 8.95. The SMILES string of the molecule is CCC1CCCCC1C(C)(O)c1cc(F)cc(F)c1. The molecule has 0 radical (unpaired) electrons. The number of benzene rings is 1. The van der Waals surface area contributed by atoms with Gasteiger partial charge in [-0.25, -0.2) is 8.78 Å². The van der Waals surface area contributed by atoms with Crippen molar-refractivity contribution >= 4 is 0 Å². The Balaban J connectivity index is 2.33. The highest BCUT2D eigenvalue weighted by atomic mass is 19.1. The van der Waals surface area contributed by atoms with E-state index in [-0.39, 0.29) is 5.92 Å². The van der Waals surface area contributed by atoms with Gasteiger partial charge in [0.2, 0.25) is 0 Å². The van der Waals surface area contributed by atoms with Crippen molar-refractivity contribution < 1.29 is 13.9 Å². The molecular weight excluding hydrogens is 246 g/mol. The molecule has 1 aromatic carbocycles. The fourth-order valence-electron chi connectivity index (χ4n) is 3.50. The standard InChI is InChI=1S/C16H22F2O/c1-3-11-6-4-5-7-15(11)16(2,19)12-8-13(17)10-14(18)9-12/h8-11,15,19H,3-7H2,1-2H3. The lowest BCUT2D eigenvalue weighted by Gasteiger charge is -2.41. The van der Waals surface area contributed by atoms with Gasteiger partial charge in [-0.2, -0.15) is 0 Å². The third-order valence-electron chi connectivity index (χ3n) is 4.60. The average molecular weight is 268 g/mol. The Bertz CT molecular complexity index is 422. The summed E-state index contributed by atoms with van der Waals surface area (Å²) in [5, 5.41) is 10.8. The van der Waals surface area contributed by atoms with E-state index in [2.05, 4.69) is 6.92 Å². The zero-order valence-corrected chi connectivity index (χ0v) is 11.6. The number of aliphatic hydroxyl groups is 1. The molecule has 1 fully saturated rings. The van der Waals surface area contributed by atoms with E-state index in [0.717, 1.165) is 31.7 Å². The predicted molar refractivity (Wildman–Crippen MR) is 71.7 cm³/mol. The molecule has 0 heterocycles. The molecule has 0 aromatic heterocycles. The molecule has 106 valence electrons. The van der Waals surface area contributed by atoms with Gasteiger partial charge < -0.3 is 5.11 Å². The van der Waals surface area contributed by atoms with Crippen molar-refractivity contribution in [2.45, 2.75) is 51.6 Å². The van der Waals surface area contributed by atoms with Crippen LogP contribution in [0.4, 0.5) is 8.78 Å². The lowest BCUT2D eigenvalue weighted by Crippen LogP contribution is -2.38. The maximum atomic E-state index is 13.4. The number of hydrogen-bond donors (Lipinski definition) is 1. The second-order valence-electron chi connectivity index (χ2n) is 5.86. The second-order valence-corrected chi connectivity index (χ2v) is 5.86. The third-order valence-corrected chi connectivity index (χ3v) is 4.60. The summed E-state index contributed by atoms with van der Waals surface area (Å²) in [5.41, 5.74) is -0.806. The quantitative estimate of drug-likeness (QED) is 0.862. The van der Waals surface area contributed by atoms with Crippen molar-refractivity contribution in [2.24, 2.45) is 11.8 Å². The van der Waals surface area contributed by atoms with Gasteiger partial charge in [0.25, 0.3) is 0 Å². The zero-order valence-electron chi connectivity index (χ0n) is 11.6. The first kappa shape index (κ1) is 14.4. The van der Waals surface area contributed by atoms with Crippen LogP contribution in [0.25, 0.3) is 0 Å². The molecule has 1 saturated carbocycles. The average Bonchev–Trinajstić information content (AvgIpc) is 2.37. The second kappa shape index (κ2) is 5.58. The third kappa shape index (κ3) is 2.97. The molecule has 1 aliphatic carbocycles. The van der Waals surface area contributed by atoms with Crippen LogP contribution < -0.4 is 0 Å². The van der Waals surface area contributed by atoms with Crippen LogP contribution in [0.3, 0.4) is 0 Å². The first-order valence-corrected chi connectivity index (χ1v) is 7.14. The lowest BCUT2D eigenvalue weighted by molar-refractivity contribution is -0.0492. The molecule has 0 bridgehead atoms. The van der Waals surface area contributed by atoms with Gasteiger partial charge in [0.05, 0.1) is 5.60 Å². The summed E-state index contributed by atoms with van der Waals surface area (Å²) >= 11 is 0. The Morgan fingerprint density at radius 2 is 1.74 bits per heavy atom. The van der Waals surface area contributed by atoms with E-state index in [1.807, 2.05) is 0 Å². The number of rotatable bonds is 3. The van der Waals surface area contributed by atoms with Crippen molar-refractivity contribution in [1.82, 2.24) is 0 Å². The van der Waals surface area contributed by atoms with E-state index >= 15 is 0 Å². The molecule has 1 N–H and O–H groups in total. The summed E-state index contributed by atoms with van der Waals surface area (Å²) in [4.78, 5) is 0. The van der Waals surface area contributed by atoms with Crippen LogP contribution in [-0.2, 0) is 5.60 Å². The minimum atomic E-state index is -1.16. The van der Waals surface area contributed by atoms with E-state index in [0.29, 0.717) is 11.5 Å². The molecule has 0 saturated heterocycles. The molecule has 1 aromatic rings. The molecule has 1 nitrogen and oxygen atoms in total. The molecule has 2 rings (SSSR count). The summed E-state index contributed by atoms with van der Waals surface area (Å²) in [6, 6.07) is 3.35. The molecule has 0 amide bonds. The topological polar surface area (TPSA) is 20.2 Å². The molecule has 1 aliphatic rings. The minimum Gasteiger partial charge on any atom is -0.385 e. The maximum Gasteiger partial charge on any atom is 0.126 e. The molecule has 3 heteroatoms. The smallest absolute Gasteiger partial charge is 0.126 e. The zero-order chi connectivity index (χ0) is 14.0. The van der Waals surface area contributed by atoms with Crippen molar-refractivity contribution in [2.75, 3.05) is 0 Å². The largest absolute Gasteiger partial charge is 0.385 e. The van der Waals surface area contributed by atoms with Gasteiger partial charge in [-0.15, -0.1) is 0 Å². The fraction of sp³-hybridized carbons (Fsp3) is 0.625. The monoisotopic (exact) mass is 268 g/mol. The first-order valence-electron chi connectivity index (χ1n) is 7.14. The Labute approximate surface area is 113 Å². The maximum absolute atomic E-state index is 13.4. The van der Waals surface area contributed by atoms with E-state index < -0.39 is 17.2 Å². The van der Waals surface area contributed by atoms with Crippen molar-refractivity contribution in [1.29, 1.82) is 0 Å². The molecule has 0 spiro atoms. The summed E-state index contributed by atoms with van der Waals surface area (Å²) in [6.07, 6.45) is 5.27. The Morgan fingerprint density at radius 1 is 1.16 bits per heavy atom. The van der Waals surface area contributed by atoms with Crippen LogP contribution >= 0.6 is 0 Å². The van der Waals surface area contributed by atoms with Gasteiger partial charge >= 0.3 is 0 Å². The lowest BCUT2D eigenvalue weighted by atomic mass is 9.67. The summed E-state index contributed by atoms with van der Waals surface area (Å²) in [7, 11) is 0. The van der Waals surface area contributed by atoms with Crippen LogP contribution in [0.15, 0.2) is 18.2 Å². The number of halogens is 2. The van der Waals surface area contributed by atoms with Gasteiger partial charge in [0.1, 0.15) is 11.6 Å². The van der Waals surface area contributed by atoms with Gasteiger partial charge in [-0.3, -0.25) is 0 Å². The molecular formula is C16H22F2O. The van der Waals surface area contributed by atoms with E-state index in [1.165, 1.54) is 18.6 Å². The summed E-state index contributed by atoms with van der Waals surface area (Å²) in [6.45, 7) is 3.81. The van der Waals surface area contributed by atoms with Crippen LogP contribution in [0, 0.1) is 23.5 Å². The Hall–Kier alpha value is -0.960. The number of hydrogen-bond acceptors (Lipinski definition) is 1. The summed E-state index contributed by atoms with van der Waals surface area (Å²) in [5.74, 6) is -0.749. The van der Waals surface area contributed by atoms with Crippen LogP contribution in [0.1, 0.15) is 51.5 Å². The summed E-state index contributed by atoms with van der Waals surface area (Å²) < 4.78 is 26.7. The van der Waals surface area contributed by atoms with Gasteiger partial charge in [0.15, 0.2) is 0 Å². The van der Waals surface area contributed by atoms with Crippen molar-refractivity contribution in [3.05, 3.63) is 35.4 Å². The molecule has 3 atom stereocenters. The highest BCUT2D eigenvalue weighted by Crippen LogP contribution is 2.44. The van der Waals surface area contributed by atoms with E-state index in [1.54, 1.807) is 6.92 Å². The van der Waals surface area contributed by atoms with Crippen molar-refractivity contribution in [3.63, 3.8) is 0 Å². The Kier molecular flexibility index (Phi) is 4.24. The minimum absolute atomic E-state index is 0.0763. The van der Waals surface area contributed by atoms with Crippen LogP contribution in [0.5, 0.6) is 0 Å². The van der Waals surface area contributed by atoms with Gasteiger partial charge in [-0.05, 0) is 42.9 Å². The predicted octanol–water partition coefficient (Wildman–Crippen LogP) is 4.39. The highest BCUT2D eigenvalue weighted by molar-refractivity contribution is 5.25. The van der Waals surface area contributed by atoms with E-state index in [9.17, 15) is 13.9 Å². The van der Waals surface area contributed by atoms with Gasteiger partial charge in [0, 0.05) is 6.07 Å². The Morgan fingerprint density at radius 3 is 2.32 bits per heavy atom. The van der Waals surface area contributed by atoms with Crippen LogP contribution in [0.2, 0.25) is 0 Å². The normalized spacial score (nSPS) is 27.0.